The van der Waals surface area contributed by atoms with Gasteiger partial charge in [0.25, 0.3) is 0 Å². The molecule has 3 rings (SSSR count). The van der Waals surface area contributed by atoms with Crippen molar-refractivity contribution >= 4 is 27.3 Å². The first-order valence-electron chi connectivity index (χ1n) is 5.14. The van der Waals surface area contributed by atoms with E-state index in [0.717, 1.165) is 22.3 Å². The van der Waals surface area contributed by atoms with E-state index in [1.54, 1.807) is 11.3 Å². The maximum Gasteiger partial charge on any atom is 0.244 e. The molecule has 0 radical (unpaired) electrons. The second-order valence-corrected chi connectivity index (χ2v) is 5.56. The van der Waals surface area contributed by atoms with Gasteiger partial charge in [-0.2, -0.15) is 4.98 Å². The van der Waals surface area contributed by atoms with Crippen molar-refractivity contribution in [2.75, 3.05) is 6.54 Å². The third-order valence-electron chi connectivity index (χ3n) is 2.59. The van der Waals surface area contributed by atoms with Crippen molar-refractivity contribution in [1.29, 1.82) is 0 Å². The molecule has 1 aliphatic rings. The fourth-order valence-electron chi connectivity index (χ4n) is 1.80. The smallest absolute Gasteiger partial charge is 0.244 e. The van der Waals surface area contributed by atoms with Crippen LogP contribution in [0.3, 0.4) is 0 Å². The van der Waals surface area contributed by atoms with Crippen molar-refractivity contribution in [2.24, 2.45) is 0 Å². The fourth-order valence-corrected chi connectivity index (χ4v) is 3.15. The van der Waals surface area contributed by atoms with Gasteiger partial charge in [0, 0.05) is 9.85 Å². The minimum Gasteiger partial charge on any atom is -0.337 e. The van der Waals surface area contributed by atoms with Gasteiger partial charge >= 0.3 is 0 Å². The van der Waals surface area contributed by atoms with E-state index in [1.165, 1.54) is 6.42 Å². The lowest BCUT2D eigenvalue weighted by Gasteiger charge is -2.01. The van der Waals surface area contributed by atoms with Crippen molar-refractivity contribution in [3.8, 4) is 10.7 Å². The lowest BCUT2D eigenvalue weighted by atomic mass is 10.2. The Kier molecular flexibility index (Phi) is 2.79. The van der Waals surface area contributed by atoms with Crippen LogP contribution in [0, 0.1) is 0 Å². The summed E-state index contributed by atoms with van der Waals surface area (Å²) in [5, 5.41) is 9.36. The molecule has 0 aliphatic carbocycles. The summed E-state index contributed by atoms with van der Waals surface area (Å²) in [6.07, 6.45) is 2.25. The van der Waals surface area contributed by atoms with Gasteiger partial charge in [0.1, 0.15) is 0 Å². The Hall–Kier alpha value is -0.720. The van der Waals surface area contributed by atoms with Gasteiger partial charge < -0.3 is 9.84 Å². The number of rotatable bonds is 2. The summed E-state index contributed by atoms with van der Waals surface area (Å²) >= 11 is 5.02. The third kappa shape index (κ3) is 1.92. The van der Waals surface area contributed by atoms with Gasteiger partial charge in [-0.3, -0.25) is 0 Å². The van der Waals surface area contributed by atoms with Crippen molar-refractivity contribution in [2.45, 2.75) is 18.9 Å². The van der Waals surface area contributed by atoms with Crippen LogP contribution in [0.25, 0.3) is 10.7 Å². The van der Waals surface area contributed by atoms with Crippen LogP contribution in [0.15, 0.2) is 20.4 Å². The Balaban J connectivity index is 1.87. The van der Waals surface area contributed by atoms with Crippen LogP contribution >= 0.6 is 27.3 Å². The Morgan fingerprint density at radius 1 is 1.56 bits per heavy atom. The molecule has 2 aromatic heterocycles. The first-order valence-corrected chi connectivity index (χ1v) is 6.81. The number of hydrogen-bond acceptors (Lipinski definition) is 5. The van der Waals surface area contributed by atoms with E-state index in [4.69, 9.17) is 4.52 Å². The fraction of sp³-hybridized carbons (Fsp3) is 0.400. The highest BCUT2D eigenvalue weighted by Crippen LogP contribution is 2.29. The van der Waals surface area contributed by atoms with Gasteiger partial charge in [0.15, 0.2) is 0 Å². The standard InChI is InChI=1S/C10H10BrN3OS/c11-6-4-8(16-5-6)9-13-10(15-14-9)7-2-1-3-12-7/h4-5,7,12H,1-3H2/t7-/m1/s1. The molecule has 4 nitrogen and oxygen atoms in total. The van der Waals surface area contributed by atoms with Gasteiger partial charge in [-0.05, 0) is 41.4 Å². The average Bonchev–Trinajstić information content (AvgIpc) is 2.97. The van der Waals surface area contributed by atoms with Gasteiger partial charge in [0.05, 0.1) is 10.9 Å². The predicted octanol–water partition coefficient (Wildman–Crippen LogP) is 2.99. The highest BCUT2D eigenvalue weighted by atomic mass is 79.9. The summed E-state index contributed by atoms with van der Waals surface area (Å²) in [6.45, 7) is 1.03. The molecule has 0 spiro atoms. The molecule has 0 saturated carbocycles. The molecule has 0 amide bonds. The summed E-state index contributed by atoms with van der Waals surface area (Å²) < 4.78 is 6.33. The van der Waals surface area contributed by atoms with Crippen LogP contribution in [0.5, 0.6) is 0 Å². The topological polar surface area (TPSA) is 51.0 Å². The van der Waals surface area contributed by atoms with Gasteiger partial charge in [-0.15, -0.1) is 11.3 Å². The van der Waals surface area contributed by atoms with Crippen LogP contribution < -0.4 is 5.32 Å². The summed E-state index contributed by atoms with van der Waals surface area (Å²) in [4.78, 5) is 5.45. The summed E-state index contributed by atoms with van der Waals surface area (Å²) in [5.41, 5.74) is 0. The molecule has 84 valence electrons. The largest absolute Gasteiger partial charge is 0.337 e. The average molecular weight is 300 g/mol. The van der Waals surface area contributed by atoms with Crippen molar-refractivity contribution in [3.63, 3.8) is 0 Å². The summed E-state index contributed by atoms with van der Waals surface area (Å²) in [7, 11) is 0. The van der Waals surface area contributed by atoms with Crippen LogP contribution in [-0.2, 0) is 0 Å². The van der Waals surface area contributed by atoms with Gasteiger partial charge in [-0.25, -0.2) is 0 Å². The molecule has 1 atom stereocenters. The van der Waals surface area contributed by atoms with Crippen LogP contribution in [0.2, 0.25) is 0 Å². The number of nitrogens with zero attached hydrogens (tertiary/aromatic N) is 2. The lowest BCUT2D eigenvalue weighted by Crippen LogP contribution is -2.12. The zero-order chi connectivity index (χ0) is 11.0. The molecule has 0 unspecified atom stereocenters. The van der Waals surface area contributed by atoms with Crippen molar-refractivity contribution < 1.29 is 4.52 Å². The normalized spacial score (nSPS) is 20.4. The first kappa shape index (κ1) is 10.4. The highest BCUT2D eigenvalue weighted by molar-refractivity contribution is 9.10. The Morgan fingerprint density at radius 2 is 2.50 bits per heavy atom. The molecule has 6 heteroatoms. The number of hydrogen-bond donors (Lipinski definition) is 1. The number of halogens is 1. The first-order chi connectivity index (χ1) is 7.83. The molecule has 3 heterocycles. The number of nitrogens with one attached hydrogen (secondary N) is 1. The van der Waals surface area contributed by atoms with Crippen molar-refractivity contribution in [1.82, 2.24) is 15.5 Å². The molecule has 16 heavy (non-hydrogen) atoms. The SMILES string of the molecule is Brc1csc(-c2noc([C@H]3CCCN3)n2)c1. The second kappa shape index (κ2) is 4.27. The van der Waals surface area contributed by atoms with Crippen LogP contribution in [0.1, 0.15) is 24.8 Å². The van der Waals surface area contributed by atoms with E-state index < -0.39 is 0 Å². The second-order valence-electron chi connectivity index (χ2n) is 3.73. The van der Waals surface area contributed by atoms with Gasteiger partial charge in [-0.1, -0.05) is 5.16 Å². The Labute approximate surface area is 105 Å². The molecule has 1 aliphatic heterocycles. The molecule has 1 N–H and O–H groups in total. The molecule has 0 bridgehead atoms. The quantitative estimate of drug-likeness (QED) is 0.926. The summed E-state index contributed by atoms with van der Waals surface area (Å²) in [6, 6.07) is 2.24. The van der Waals surface area contributed by atoms with E-state index in [0.29, 0.717) is 11.7 Å². The van der Waals surface area contributed by atoms with Gasteiger partial charge in [0.2, 0.25) is 11.7 Å². The van der Waals surface area contributed by atoms with E-state index in [9.17, 15) is 0 Å². The maximum absolute atomic E-state index is 5.28. The van der Waals surface area contributed by atoms with E-state index in [2.05, 4.69) is 31.4 Å². The zero-order valence-electron chi connectivity index (χ0n) is 8.44. The minimum absolute atomic E-state index is 0.240. The summed E-state index contributed by atoms with van der Waals surface area (Å²) in [5.74, 6) is 1.39. The van der Waals surface area contributed by atoms with Crippen LogP contribution in [0.4, 0.5) is 0 Å². The monoisotopic (exact) mass is 299 g/mol. The lowest BCUT2D eigenvalue weighted by molar-refractivity contribution is 0.345. The van der Waals surface area contributed by atoms with Crippen LogP contribution in [-0.4, -0.2) is 16.7 Å². The minimum atomic E-state index is 0.240. The third-order valence-corrected chi connectivity index (χ3v) is 4.28. The number of thiophene rings is 1. The molecular weight excluding hydrogens is 290 g/mol. The van der Waals surface area contributed by atoms with E-state index >= 15 is 0 Å². The van der Waals surface area contributed by atoms with E-state index in [1.807, 2.05) is 11.4 Å². The Bertz CT molecular complexity index is 490. The molecule has 2 aromatic rings. The number of aromatic nitrogens is 2. The highest BCUT2D eigenvalue weighted by Gasteiger charge is 2.22. The molecule has 0 aromatic carbocycles. The predicted molar refractivity (Wildman–Crippen MR) is 65.3 cm³/mol. The molecule has 1 fully saturated rings. The van der Waals surface area contributed by atoms with Crippen molar-refractivity contribution in [3.05, 3.63) is 21.8 Å². The maximum atomic E-state index is 5.28. The molecule has 1 saturated heterocycles. The molecular formula is C10H10BrN3OS. The Morgan fingerprint density at radius 3 is 3.19 bits per heavy atom. The van der Waals surface area contributed by atoms with E-state index in [-0.39, 0.29) is 6.04 Å². The zero-order valence-corrected chi connectivity index (χ0v) is 10.8.